The number of carbonyl (C=O) groups excluding carboxylic acids is 1. The number of thioether (sulfide) groups is 1. The number of carbonyl (C=O) groups is 1. The number of aliphatic hydroxyl groups is 1. The zero-order valence-electron chi connectivity index (χ0n) is 18.9. The van der Waals surface area contributed by atoms with E-state index in [1.165, 1.54) is 0 Å². The van der Waals surface area contributed by atoms with E-state index in [-0.39, 0.29) is 24.8 Å². The molecule has 2 aromatic carbocycles. The smallest absolute Gasteiger partial charge is 0.319 e. The first kappa shape index (κ1) is 24.2. The molecule has 178 valence electrons. The number of aromatic nitrogens is 2. The van der Waals surface area contributed by atoms with Crippen LogP contribution in [0.15, 0.2) is 72.1 Å². The molecule has 1 aliphatic heterocycles. The predicted octanol–water partition coefficient (Wildman–Crippen LogP) is 4.45. The van der Waals surface area contributed by atoms with Crippen LogP contribution in [-0.4, -0.2) is 39.5 Å². The van der Waals surface area contributed by atoms with Crippen molar-refractivity contribution >= 4 is 23.5 Å². The molecule has 0 aliphatic carbocycles. The van der Waals surface area contributed by atoms with E-state index in [9.17, 15) is 9.90 Å². The minimum absolute atomic E-state index is 0.00451. The van der Waals surface area contributed by atoms with Crippen LogP contribution in [0.4, 0.5) is 10.5 Å². The van der Waals surface area contributed by atoms with Gasteiger partial charge in [0.25, 0.3) is 0 Å². The van der Waals surface area contributed by atoms with Gasteiger partial charge in [0.15, 0.2) is 11.4 Å². The fourth-order valence-corrected chi connectivity index (χ4v) is 4.43. The molecule has 3 atom stereocenters. The molecule has 8 nitrogen and oxygen atoms in total. The van der Waals surface area contributed by atoms with Gasteiger partial charge in [-0.3, -0.25) is 0 Å². The van der Waals surface area contributed by atoms with Crippen molar-refractivity contribution in [2.75, 3.05) is 17.6 Å². The van der Waals surface area contributed by atoms with Crippen molar-refractivity contribution in [2.45, 2.75) is 43.6 Å². The SMILES string of the molecule is CCNC(=O)Nc1ccc([C@@H]2O[C@H](CSc3ncccn3)C[C@H](c3ccc(CO)cc3)O2)cc1. The summed E-state index contributed by atoms with van der Waals surface area (Å²) >= 11 is 1.55. The zero-order chi connectivity index (χ0) is 23.8. The Morgan fingerprint density at radius 3 is 2.44 bits per heavy atom. The normalized spacial score (nSPS) is 20.0. The lowest BCUT2D eigenvalue weighted by atomic mass is 10.0. The fourth-order valence-electron chi connectivity index (χ4n) is 3.61. The van der Waals surface area contributed by atoms with Crippen molar-refractivity contribution < 1.29 is 19.4 Å². The Bertz CT molecular complexity index is 1050. The highest BCUT2D eigenvalue weighted by Gasteiger charge is 2.32. The lowest BCUT2D eigenvalue weighted by Gasteiger charge is -2.36. The summed E-state index contributed by atoms with van der Waals surface area (Å²) in [6, 6.07) is 16.8. The molecule has 1 fully saturated rings. The van der Waals surface area contributed by atoms with Crippen LogP contribution in [0.3, 0.4) is 0 Å². The molecule has 1 aromatic heterocycles. The number of nitrogens with zero attached hydrogens (tertiary/aromatic N) is 2. The van der Waals surface area contributed by atoms with E-state index in [0.29, 0.717) is 29.6 Å². The third-order valence-corrected chi connectivity index (χ3v) is 6.34. The molecular weight excluding hydrogens is 452 g/mol. The lowest BCUT2D eigenvalue weighted by Crippen LogP contribution is -2.31. The number of aliphatic hydroxyl groups excluding tert-OH is 1. The Balaban J connectivity index is 1.49. The van der Waals surface area contributed by atoms with Crippen molar-refractivity contribution in [3.8, 4) is 0 Å². The molecule has 0 unspecified atom stereocenters. The van der Waals surface area contributed by atoms with E-state index in [0.717, 1.165) is 16.7 Å². The van der Waals surface area contributed by atoms with Gasteiger partial charge >= 0.3 is 6.03 Å². The summed E-state index contributed by atoms with van der Waals surface area (Å²) in [5.41, 5.74) is 3.45. The van der Waals surface area contributed by atoms with Gasteiger partial charge in [-0.05, 0) is 36.2 Å². The van der Waals surface area contributed by atoms with Crippen LogP contribution < -0.4 is 10.6 Å². The quantitative estimate of drug-likeness (QED) is 0.323. The maximum atomic E-state index is 11.8. The molecule has 3 aromatic rings. The van der Waals surface area contributed by atoms with Gasteiger partial charge in [0.1, 0.15) is 0 Å². The molecule has 0 bridgehead atoms. The van der Waals surface area contributed by atoms with Crippen molar-refractivity contribution in [2.24, 2.45) is 0 Å². The maximum absolute atomic E-state index is 11.8. The van der Waals surface area contributed by atoms with Crippen molar-refractivity contribution in [3.05, 3.63) is 83.7 Å². The second-order valence-electron chi connectivity index (χ2n) is 7.80. The number of hydrogen-bond donors (Lipinski definition) is 3. The minimum atomic E-state index is -0.558. The molecule has 0 radical (unpaired) electrons. The second kappa shape index (κ2) is 11.9. The van der Waals surface area contributed by atoms with Crippen LogP contribution in [-0.2, 0) is 16.1 Å². The molecule has 1 aliphatic rings. The summed E-state index contributed by atoms with van der Waals surface area (Å²) in [7, 11) is 0. The van der Waals surface area contributed by atoms with Crippen LogP contribution in [0, 0.1) is 0 Å². The number of benzene rings is 2. The van der Waals surface area contributed by atoms with E-state index in [1.807, 2.05) is 55.5 Å². The largest absolute Gasteiger partial charge is 0.392 e. The Hall–Kier alpha value is -2.98. The molecular formula is C25H28N4O4S. The molecule has 3 N–H and O–H groups in total. The first-order valence-corrected chi connectivity index (χ1v) is 12.2. The predicted molar refractivity (Wildman–Crippen MR) is 130 cm³/mol. The summed E-state index contributed by atoms with van der Waals surface area (Å²) in [6.07, 6.45) is 3.34. The number of amides is 2. The zero-order valence-corrected chi connectivity index (χ0v) is 19.7. The van der Waals surface area contributed by atoms with Crippen LogP contribution in [0.5, 0.6) is 0 Å². The number of urea groups is 1. The molecule has 9 heteroatoms. The van der Waals surface area contributed by atoms with Gasteiger partial charge < -0.3 is 25.2 Å². The molecule has 2 heterocycles. The van der Waals surface area contributed by atoms with Gasteiger partial charge in [-0.2, -0.15) is 0 Å². The van der Waals surface area contributed by atoms with Gasteiger partial charge in [0.05, 0.1) is 18.8 Å². The first-order chi connectivity index (χ1) is 16.6. The van der Waals surface area contributed by atoms with Gasteiger partial charge in [0.2, 0.25) is 0 Å². The Morgan fingerprint density at radius 1 is 1.06 bits per heavy atom. The molecule has 2 amide bonds. The second-order valence-corrected chi connectivity index (χ2v) is 8.79. The Morgan fingerprint density at radius 2 is 1.76 bits per heavy atom. The highest BCUT2D eigenvalue weighted by atomic mass is 32.2. The molecule has 0 saturated carbocycles. The topological polar surface area (TPSA) is 106 Å². The standard InChI is InChI=1S/C25H28N4O4S/c1-2-26-24(31)29-20-10-8-19(9-11-20)23-32-21(16-34-25-27-12-3-13-28-25)14-22(33-23)18-6-4-17(15-30)5-7-18/h3-13,21-23,30H,2,14-16H2,1H3,(H2,26,29,31)/t21-,22+,23+/m0/s1. The van der Waals surface area contributed by atoms with Crippen LogP contribution in [0.25, 0.3) is 0 Å². The van der Waals surface area contributed by atoms with E-state index in [4.69, 9.17) is 9.47 Å². The molecule has 34 heavy (non-hydrogen) atoms. The van der Waals surface area contributed by atoms with Crippen LogP contribution in [0.2, 0.25) is 0 Å². The highest BCUT2D eigenvalue weighted by molar-refractivity contribution is 7.99. The van der Waals surface area contributed by atoms with Crippen molar-refractivity contribution in [3.63, 3.8) is 0 Å². The summed E-state index contributed by atoms with van der Waals surface area (Å²) in [5, 5.41) is 15.6. The van der Waals surface area contributed by atoms with Gasteiger partial charge in [0, 0.05) is 42.4 Å². The van der Waals surface area contributed by atoms with Gasteiger partial charge in [-0.1, -0.05) is 48.2 Å². The summed E-state index contributed by atoms with van der Waals surface area (Å²) in [5.74, 6) is 0.686. The van der Waals surface area contributed by atoms with Crippen LogP contribution in [0.1, 0.15) is 42.4 Å². The summed E-state index contributed by atoms with van der Waals surface area (Å²) in [6.45, 7) is 2.43. The number of anilines is 1. The Kier molecular flexibility index (Phi) is 8.48. The minimum Gasteiger partial charge on any atom is -0.392 e. The van der Waals surface area contributed by atoms with E-state index in [1.54, 1.807) is 30.2 Å². The highest BCUT2D eigenvalue weighted by Crippen LogP contribution is 2.39. The number of rotatable bonds is 8. The molecule has 0 spiro atoms. The lowest BCUT2D eigenvalue weighted by molar-refractivity contribution is -0.245. The number of nitrogens with one attached hydrogen (secondary N) is 2. The van der Waals surface area contributed by atoms with Crippen molar-refractivity contribution in [1.29, 1.82) is 0 Å². The van der Waals surface area contributed by atoms with Gasteiger partial charge in [-0.15, -0.1) is 0 Å². The van der Waals surface area contributed by atoms with E-state index in [2.05, 4.69) is 20.6 Å². The average molecular weight is 481 g/mol. The molecule has 4 rings (SSSR count). The average Bonchev–Trinajstić information content (AvgIpc) is 2.88. The number of hydrogen-bond acceptors (Lipinski definition) is 7. The van der Waals surface area contributed by atoms with Crippen LogP contribution >= 0.6 is 11.8 Å². The number of ether oxygens (including phenoxy) is 2. The summed E-state index contributed by atoms with van der Waals surface area (Å²) < 4.78 is 12.7. The monoisotopic (exact) mass is 480 g/mol. The van der Waals surface area contributed by atoms with Crippen molar-refractivity contribution in [1.82, 2.24) is 15.3 Å². The maximum Gasteiger partial charge on any atom is 0.319 e. The third kappa shape index (κ3) is 6.54. The van der Waals surface area contributed by atoms with E-state index >= 15 is 0 Å². The first-order valence-electron chi connectivity index (χ1n) is 11.2. The summed E-state index contributed by atoms with van der Waals surface area (Å²) in [4.78, 5) is 20.3. The van der Waals surface area contributed by atoms with Gasteiger partial charge in [-0.25, -0.2) is 14.8 Å². The molecule has 1 saturated heterocycles. The Labute approximate surface area is 203 Å². The third-order valence-electron chi connectivity index (χ3n) is 5.33. The van der Waals surface area contributed by atoms with E-state index < -0.39 is 6.29 Å². The fraction of sp³-hybridized carbons (Fsp3) is 0.320.